The third-order valence-electron chi connectivity index (χ3n) is 8.79. The van der Waals surface area contributed by atoms with Gasteiger partial charge in [-0.3, -0.25) is 14.4 Å². The number of carbonyl (C=O) groups excluding carboxylic acids is 3. The van der Waals surface area contributed by atoms with Gasteiger partial charge in [0.25, 0.3) is 0 Å². The van der Waals surface area contributed by atoms with Crippen LogP contribution in [0, 0.1) is 11.8 Å². The summed E-state index contributed by atoms with van der Waals surface area (Å²) in [6.07, 6.45) is 1.02. The van der Waals surface area contributed by atoms with Crippen molar-refractivity contribution in [3.05, 3.63) is 54.6 Å². The second kappa shape index (κ2) is 10.3. The van der Waals surface area contributed by atoms with Gasteiger partial charge in [-0.1, -0.05) is 18.2 Å². The van der Waals surface area contributed by atoms with Crippen molar-refractivity contribution in [1.82, 2.24) is 4.90 Å². The van der Waals surface area contributed by atoms with E-state index in [9.17, 15) is 19.5 Å². The van der Waals surface area contributed by atoms with Crippen LogP contribution in [0.15, 0.2) is 54.6 Å². The highest BCUT2D eigenvalue weighted by Crippen LogP contribution is 2.63. The van der Waals surface area contributed by atoms with Gasteiger partial charge in [-0.05, 0) is 76.9 Å². The lowest BCUT2D eigenvalue weighted by molar-refractivity contribution is -0.146. The van der Waals surface area contributed by atoms with Crippen molar-refractivity contribution in [2.45, 2.75) is 63.8 Å². The van der Waals surface area contributed by atoms with Gasteiger partial charge in [0.2, 0.25) is 17.7 Å². The molecule has 0 aliphatic carbocycles. The van der Waals surface area contributed by atoms with Crippen molar-refractivity contribution in [3.63, 3.8) is 0 Å². The Morgan fingerprint density at radius 3 is 2.26 bits per heavy atom. The molecule has 2 bridgehead atoms. The molecule has 3 heterocycles. The predicted molar refractivity (Wildman–Crippen MR) is 149 cm³/mol. The number of carbonyl (C=O) groups is 3. The number of para-hydroxylation sites is 1. The van der Waals surface area contributed by atoms with Gasteiger partial charge < -0.3 is 30.3 Å². The van der Waals surface area contributed by atoms with Crippen molar-refractivity contribution < 1.29 is 24.2 Å². The zero-order valence-electron chi connectivity index (χ0n) is 23.0. The number of hydrogen-bond acceptors (Lipinski definition) is 6. The monoisotopic (exact) mass is 534 g/mol. The number of rotatable bonds is 9. The highest BCUT2D eigenvalue weighted by atomic mass is 16.5. The minimum absolute atomic E-state index is 0.298. The first-order valence-electron chi connectivity index (χ1n) is 13.8. The maximum absolute atomic E-state index is 14.0. The Balaban J connectivity index is 1.46. The molecule has 0 radical (unpaired) electrons. The number of fused-ring (bicyclic) bond motifs is 1. The third kappa shape index (κ3) is 4.37. The number of aliphatic hydroxyl groups is 1. The molecular formula is C30H38N4O5. The molecular weight excluding hydrogens is 496 g/mol. The molecule has 3 N–H and O–H groups in total. The Kier molecular flexibility index (Phi) is 7.15. The maximum atomic E-state index is 14.0. The molecule has 5 rings (SSSR count). The fourth-order valence-electron chi connectivity index (χ4n) is 6.92. The minimum Gasteiger partial charge on any atom is -0.394 e. The smallest absolute Gasteiger partial charge is 0.250 e. The maximum Gasteiger partial charge on any atom is 0.250 e. The lowest BCUT2D eigenvalue weighted by Gasteiger charge is -2.35. The van der Waals surface area contributed by atoms with Gasteiger partial charge in [0.05, 0.1) is 30.1 Å². The normalized spacial score (nSPS) is 29.7. The molecule has 6 atom stereocenters. The molecule has 2 aromatic carbocycles. The van der Waals surface area contributed by atoms with E-state index in [4.69, 9.17) is 4.74 Å². The molecule has 208 valence electrons. The highest BCUT2D eigenvalue weighted by Gasteiger charge is 2.78. The predicted octanol–water partition coefficient (Wildman–Crippen LogP) is 3.26. The van der Waals surface area contributed by atoms with E-state index in [2.05, 4.69) is 29.4 Å². The number of anilines is 3. The Hall–Kier alpha value is -3.43. The Labute approximate surface area is 229 Å². The van der Waals surface area contributed by atoms with Crippen LogP contribution in [0.4, 0.5) is 17.1 Å². The molecule has 3 fully saturated rings. The van der Waals surface area contributed by atoms with Crippen LogP contribution in [0.25, 0.3) is 0 Å². The van der Waals surface area contributed by atoms with E-state index in [0.29, 0.717) is 24.2 Å². The van der Waals surface area contributed by atoms with Crippen LogP contribution in [0.3, 0.4) is 0 Å². The van der Waals surface area contributed by atoms with E-state index in [1.54, 1.807) is 19.1 Å². The van der Waals surface area contributed by atoms with Crippen LogP contribution in [0.1, 0.15) is 40.5 Å². The van der Waals surface area contributed by atoms with Gasteiger partial charge in [-0.2, -0.15) is 0 Å². The molecule has 39 heavy (non-hydrogen) atoms. The SMILES string of the molecule is CCN(CC)c1ccc(NC(=O)C2N([C@H](C)CO)C(=O)[C@@H]3[C@@H](C(=O)Nc4ccccc4)[C@@]4(C)CCC23O4)cc1. The van der Waals surface area contributed by atoms with E-state index in [1.807, 2.05) is 49.4 Å². The molecule has 3 saturated heterocycles. The van der Waals surface area contributed by atoms with Crippen LogP contribution in [0.2, 0.25) is 0 Å². The average molecular weight is 535 g/mol. The second-order valence-electron chi connectivity index (χ2n) is 11.1. The van der Waals surface area contributed by atoms with Gasteiger partial charge >= 0.3 is 0 Å². The fraction of sp³-hybridized carbons (Fsp3) is 0.500. The molecule has 9 heteroatoms. The number of aliphatic hydroxyl groups excluding tert-OH is 1. The van der Waals surface area contributed by atoms with Crippen LogP contribution in [0.5, 0.6) is 0 Å². The number of hydrogen-bond donors (Lipinski definition) is 3. The first-order chi connectivity index (χ1) is 18.7. The highest BCUT2D eigenvalue weighted by molar-refractivity contribution is 6.05. The number of nitrogens with one attached hydrogen (secondary N) is 2. The Morgan fingerprint density at radius 1 is 1.03 bits per heavy atom. The molecule has 2 unspecified atom stereocenters. The van der Waals surface area contributed by atoms with Crippen molar-refractivity contribution in [2.75, 3.05) is 35.2 Å². The zero-order chi connectivity index (χ0) is 27.9. The summed E-state index contributed by atoms with van der Waals surface area (Å²) in [6.45, 7) is 9.19. The summed E-state index contributed by atoms with van der Waals surface area (Å²) < 4.78 is 6.62. The van der Waals surface area contributed by atoms with Crippen molar-refractivity contribution >= 4 is 34.8 Å². The molecule has 2 aromatic rings. The summed E-state index contributed by atoms with van der Waals surface area (Å²) in [5.41, 5.74) is 0.270. The molecule has 9 nitrogen and oxygen atoms in total. The van der Waals surface area contributed by atoms with Crippen molar-refractivity contribution in [3.8, 4) is 0 Å². The van der Waals surface area contributed by atoms with Crippen LogP contribution >= 0.6 is 0 Å². The van der Waals surface area contributed by atoms with E-state index < -0.39 is 35.1 Å². The topological polar surface area (TPSA) is 111 Å². The quantitative estimate of drug-likeness (QED) is 0.456. The summed E-state index contributed by atoms with van der Waals surface area (Å²) >= 11 is 0. The Morgan fingerprint density at radius 2 is 1.64 bits per heavy atom. The van der Waals surface area contributed by atoms with E-state index in [-0.39, 0.29) is 24.3 Å². The largest absolute Gasteiger partial charge is 0.394 e. The second-order valence-corrected chi connectivity index (χ2v) is 11.1. The summed E-state index contributed by atoms with van der Waals surface area (Å²) in [4.78, 5) is 45.2. The Bertz CT molecular complexity index is 1230. The molecule has 3 aliphatic heterocycles. The summed E-state index contributed by atoms with van der Waals surface area (Å²) in [6, 6.07) is 15.1. The number of benzene rings is 2. The average Bonchev–Trinajstić information content (AvgIpc) is 3.51. The van der Waals surface area contributed by atoms with Crippen molar-refractivity contribution in [1.29, 1.82) is 0 Å². The summed E-state index contributed by atoms with van der Waals surface area (Å²) in [5, 5.41) is 16.0. The zero-order valence-corrected chi connectivity index (χ0v) is 23.0. The number of ether oxygens (including phenoxy) is 1. The molecule has 1 spiro atoms. The first-order valence-corrected chi connectivity index (χ1v) is 13.8. The van der Waals surface area contributed by atoms with E-state index in [1.165, 1.54) is 4.90 Å². The van der Waals surface area contributed by atoms with Gasteiger partial charge in [-0.25, -0.2) is 0 Å². The van der Waals surface area contributed by atoms with Crippen LogP contribution in [-0.2, 0) is 19.1 Å². The first kappa shape index (κ1) is 27.1. The number of amides is 3. The third-order valence-corrected chi connectivity index (χ3v) is 8.79. The molecule has 0 saturated carbocycles. The lowest BCUT2D eigenvalue weighted by Crippen LogP contribution is -2.55. The standard InChI is InChI=1S/C30H38N4O5/c1-5-33(6-2)22-14-12-21(13-15-22)32-27(37)25-30-17-16-29(4,39-30)23(24(30)28(38)34(25)19(3)18-35)26(36)31-20-10-8-7-9-11-20/h7-15,19,23-25,35H,5-6,16-18H2,1-4H3,(H,31,36)(H,32,37)/t19-,23+,24+,25?,29-,30?/m1/s1. The molecule has 3 amide bonds. The van der Waals surface area contributed by atoms with Crippen molar-refractivity contribution in [2.24, 2.45) is 11.8 Å². The van der Waals surface area contributed by atoms with E-state index >= 15 is 0 Å². The van der Waals surface area contributed by atoms with Gasteiger partial charge in [0, 0.05) is 30.2 Å². The van der Waals surface area contributed by atoms with Crippen LogP contribution in [-0.4, -0.2) is 70.7 Å². The number of likely N-dealkylation sites (tertiary alicyclic amines) is 1. The van der Waals surface area contributed by atoms with Gasteiger partial charge in [-0.15, -0.1) is 0 Å². The summed E-state index contributed by atoms with van der Waals surface area (Å²) in [7, 11) is 0. The summed E-state index contributed by atoms with van der Waals surface area (Å²) in [5.74, 6) is -2.60. The fourth-order valence-corrected chi connectivity index (χ4v) is 6.92. The minimum atomic E-state index is -1.15. The van der Waals surface area contributed by atoms with Gasteiger partial charge in [0.1, 0.15) is 11.6 Å². The molecule has 0 aromatic heterocycles. The van der Waals surface area contributed by atoms with Gasteiger partial charge in [0.15, 0.2) is 0 Å². The number of nitrogens with zero attached hydrogens (tertiary/aromatic N) is 2. The lowest BCUT2D eigenvalue weighted by atomic mass is 9.66. The molecule has 3 aliphatic rings. The van der Waals surface area contributed by atoms with Crippen LogP contribution < -0.4 is 15.5 Å². The van der Waals surface area contributed by atoms with E-state index in [0.717, 1.165) is 18.8 Å².